The minimum absolute atomic E-state index is 0.253. The van der Waals surface area contributed by atoms with Crippen molar-refractivity contribution in [3.8, 4) is 6.07 Å². The lowest BCUT2D eigenvalue weighted by Crippen LogP contribution is -2.03. The number of aryl methyl sites for hydroxylation is 1. The third-order valence-electron chi connectivity index (χ3n) is 2.44. The SMILES string of the molecule is Cc1cc(C2(C#N)CC2)cc(Cl)n1. The van der Waals surface area contributed by atoms with Crippen molar-refractivity contribution in [1.82, 2.24) is 4.98 Å². The molecule has 0 aliphatic heterocycles. The highest BCUT2D eigenvalue weighted by atomic mass is 35.5. The van der Waals surface area contributed by atoms with Crippen LogP contribution in [0.15, 0.2) is 12.1 Å². The molecule has 0 N–H and O–H groups in total. The smallest absolute Gasteiger partial charge is 0.129 e. The molecule has 3 heteroatoms. The summed E-state index contributed by atoms with van der Waals surface area (Å²) in [5.74, 6) is 0. The summed E-state index contributed by atoms with van der Waals surface area (Å²) in [5, 5.41) is 9.46. The second-order valence-electron chi connectivity index (χ2n) is 3.51. The number of pyridine rings is 1. The van der Waals surface area contributed by atoms with Crippen LogP contribution in [0.4, 0.5) is 0 Å². The minimum Gasteiger partial charge on any atom is -0.241 e. The summed E-state index contributed by atoms with van der Waals surface area (Å²) in [6, 6.07) is 6.08. The summed E-state index contributed by atoms with van der Waals surface area (Å²) >= 11 is 5.82. The average molecular weight is 193 g/mol. The van der Waals surface area contributed by atoms with Gasteiger partial charge in [-0.3, -0.25) is 0 Å². The number of hydrogen-bond acceptors (Lipinski definition) is 2. The molecule has 13 heavy (non-hydrogen) atoms. The normalized spacial score (nSPS) is 17.9. The summed E-state index contributed by atoms with van der Waals surface area (Å²) in [4.78, 5) is 4.07. The summed E-state index contributed by atoms with van der Waals surface area (Å²) in [5.41, 5.74) is 1.65. The Hall–Kier alpha value is -1.07. The van der Waals surface area contributed by atoms with E-state index in [-0.39, 0.29) is 5.41 Å². The fraction of sp³-hybridized carbons (Fsp3) is 0.400. The summed E-state index contributed by atoms with van der Waals surface area (Å²) in [6.45, 7) is 1.89. The van der Waals surface area contributed by atoms with Gasteiger partial charge in [0.2, 0.25) is 0 Å². The molecule has 0 spiro atoms. The summed E-state index contributed by atoms with van der Waals surface area (Å²) in [6.07, 6.45) is 1.90. The topological polar surface area (TPSA) is 36.7 Å². The van der Waals surface area contributed by atoms with Gasteiger partial charge in [-0.1, -0.05) is 11.6 Å². The van der Waals surface area contributed by atoms with Crippen LogP contribution in [0.1, 0.15) is 24.1 Å². The molecule has 0 bridgehead atoms. The van der Waals surface area contributed by atoms with Crippen LogP contribution in [-0.4, -0.2) is 4.98 Å². The van der Waals surface area contributed by atoms with Crippen LogP contribution in [0, 0.1) is 18.3 Å². The van der Waals surface area contributed by atoms with Gasteiger partial charge in [-0.25, -0.2) is 4.98 Å². The zero-order chi connectivity index (χ0) is 9.47. The van der Waals surface area contributed by atoms with Gasteiger partial charge in [-0.15, -0.1) is 0 Å². The van der Waals surface area contributed by atoms with Crippen molar-refractivity contribution >= 4 is 11.6 Å². The number of halogens is 1. The summed E-state index contributed by atoms with van der Waals surface area (Å²) in [7, 11) is 0. The van der Waals surface area contributed by atoms with E-state index in [0.29, 0.717) is 5.15 Å². The van der Waals surface area contributed by atoms with Crippen molar-refractivity contribution in [2.24, 2.45) is 0 Å². The van der Waals surface area contributed by atoms with Crippen LogP contribution in [0.5, 0.6) is 0 Å². The van der Waals surface area contributed by atoms with Crippen LogP contribution in [0.3, 0.4) is 0 Å². The van der Waals surface area contributed by atoms with Crippen LogP contribution in [0.25, 0.3) is 0 Å². The van der Waals surface area contributed by atoms with E-state index in [9.17, 15) is 0 Å². The molecule has 1 fully saturated rings. The van der Waals surface area contributed by atoms with Gasteiger partial charge in [-0.05, 0) is 37.5 Å². The average Bonchev–Trinajstić information content (AvgIpc) is 2.82. The molecule has 2 rings (SSSR count). The fourth-order valence-electron chi connectivity index (χ4n) is 1.49. The molecule has 1 aliphatic carbocycles. The highest BCUT2D eigenvalue weighted by Crippen LogP contribution is 2.47. The second kappa shape index (κ2) is 2.71. The predicted molar refractivity (Wildman–Crippen MR) is 50.5 cm³/mol. The van der Waals surface area contributed by atoms with Gasteiger partial charge >= 0.3 is 0 Å². The van der Waals surface area contributed by atoms with Crippen molar-refractivity contribution in [2.75, 3.05) is 0 Å². The largest absolute Gasteiger partial charge is 0.241 e. The Morgan fingerprint density at radius 3 is 2.69 bits per heavy atom. The molecular weight excluding hydrogens is 184 g/mol. The molecular formula is C10H9ClN2. The Morgan fingerprint density at radius 1 is 1.54 bits per heavy atom. The lowest BCUT2D eigenvalue weighted by Gasteiger charge is -2.06. The number of nitriles is 1. The van der Waals surface area contributed by atoms with Crippen molar-refractivity contribution in [2.45, 2.75) is 25.2 Å². The third kappa shape index (κ3) is 1.40. The predicted octanol–water partition coefficient (Wildman–Crippen LogP) is 2.60. The lowest BCUT2D eigenvalue weighted by atomic mass is 9.98. The van der Waals surface area contributed by atoms with Crippen LogP contribution >= 0.6 is 11.6 Å². The first-order chi connectivity index (χ1) is 6.16. The molecule has 0 atom stereocenters. The van der Waals surface area contributed by atoms with E-state index in [1.807, 2.05) is 13.0 Å². The van der Waals surface area contributed by atoms with Crippen LogP contribution in [0.2, 0.25) is 5.15 Å². The molecule has 1 saturated carbocycles. The van der Waals surface area contributed by atoms with Gasteiger partial charge < -0.3 is 0 Å². The molecule has 2 nitrogen and oxygen atoms in total. The zero-order valence-corrected chi connectivity index (χ0v) is 8.10. The van der Waals surface area contributed by atoms with E-state index < -0.39 is 0 Å². The first kappa shape index (κ1) is 8.52. The molecule has 1 aliphatic rings. The van der Waals surface area contributed by atoms with Crippen molar-refractivity contribution < 1.29 is 0 Å². The van der Waals surface area contributed by atoms with Crippen molar-refractivity contribution in [1.29, 1.82) is 5.26 Å². The summed E-state index contributed by atoms with van der Waals surface area (Å²) < 4.78 is 0. The molecule has 66 valence electrons. The highest BCUT2D eigenvalue weighted by molar-refractivity contribution is 6.29. The molecule has 0 radical (unpaired) electrons. The quantitative estimate of drug-likeness (QED) is 0.642. The third-order valence-corrected chi connectivity index (χ3v) is 2.63. The Kier molecular flexibility index (Phi) is 1.78. The molecule has 0 saturated heterocycles. The van der Waals surface area contributed by atoms with Gasteiger partial charge in [0.1, 0.15) is 5.15 Å². The Bertz CT molecular complexity index is 368. The molecule has 1 aromatic heterocycles. The van der Waals surface area contributed by atoms with Gasteiger partial charge in [0.25, 0.3) is 0 Å². The monoisotopic (exact) mass is 192 g/mol. The number of nitrogens with zero attached hydrogens (tertiary/aromatic N) is 2. The number of rotatable bonds is 1. The van der Waals surface area contributed by atoms with E-state index >= 15 is 0 Å². The van der Waals surface area contributed by atoms with E-state index in [4.69, 9.17) is 16.9 Å². The number of aromatic nitrogens is 1. The minimum atomic E-state index is -0.253. The molecule has 0 unspecified atom stereocenters. The maximum Gasteiger partial charge on any atom is 0.129 e. The van der Waals surface area contributed by atoms with Gasteiger partial charge in [0.15, 0.2) is 0 Å². The highest BCUT2D eigenvalue weighted by Gasteiger charge is 2.45. The van der Waals surface area contributed by atoms with E-state index in [2.05, 4.69) is 11.1 Å². The van der Waals surface area contributed by atoms with Crippen molar-refractivity contribution in [3.05, 3.63) is 28.5 Å². The molecule has 1 heterocycles. The maximum atomic E-state index is 8.98. The lowest BCUT2D eigenvalue weighted by molar-refractivity contribution is 0.898. The van der Waals surface area contributed by atoms with E-state index in [0.717, 1.165) is 24.1 Å². The Morgan fingerprint density at radius 2 is 2.23 bits per heavy atom. The molecule has 0 aromatic carbocycles. The second-order valence-corrected chi connectivity index (χ2v) is 3.90. The standard InChI is InChI=1S/C10H9ClN2/c1-7-4-8(5-9(11)13-7)10(6-12)2-3-10/h4-5H,2-3H2,1H3. The van der Waals surface area contributed by atoms with Gasteiger partial charge in [0, 0.05) is 5.69 Å². The maximum absolute atomic E-state index is 8.98. The van der Waals surface area contributed by atoms with Crippen LogP contribution < -0.4 is 0 Å². The first-order valence-electron chi connectivity index (χ1n) is 4.22. The number of hydrogen-bond donors (Lipinski definition) is 0. The van der Waals surface area contributed by atoms with E-state index in [1.54, 1.807) is 6.07 Å². The van der Waals surface area contributed by atoms with Gasteiger partial charge in [0.05, 0.1) is 11.5 Å². The van der Waals surface area contributed by atoms with Crippen molar-refractivity contribution in [3.63, 3.8) is 0 Å². The molecule has 0 amide bonds. The zero-order valence-electron chi connectivity index (χ0n) is 7.34. The van der Waals surface area contributed by atoms with E-state index in [1.165, 1.54) is 0 Å². The fourth-order valence-corrected chi connectivity index (χ4v) is 1.75. The van der Waals surface area contributed by atoms with Crippen LogP contribution in [-0.2, 0) is 5.41 Å². The Balaban J connectivity index is 2.48. The Labute approximate surface area is 82.2 Å². The first-order valence-corrected chi connectivity index (χ1v) is 4.60. The molecule has 1 aromatic rings. The van der Waals surface area contributed by atoms with Gasteiger partial charge in [-0.2, -0.15) is 5.26 Å².